The lowest BCUT2D eigenvalue weighted by atomic mass is 10.0. The van der Waals surface area contributed by atoms with Gasteiger partial charge in [-0.3, -0.25) is 14.5 Å². The van der Waals surface area contributed by atoms with Gasteiger partial charge in [0.15, 0.2) is 0 Å². The summed E-state index contributed by atoms with van der Waals surface area (Å²) >= 11 is 0. The van der Waals surface area contributed by atoms with Crippen molar-refractivity contribution in [2.75, 3.05) is 16.2 Å². The van der Waals surface area contributed by atoms with E-state index in [9.17, 15) is 13.2 Å². The molecule has 0 radical (unpaired) electrons. The van der Waals surface area contributed by atoms with E-state index in [0.717, 1.165) is 16.6 Å². The molecular formula is C20H19N3O3S. The van der Waals surface area contributed by atoms with Gasteiger partial charge in [-0.15, -0.1) is 0 Å². The summed E-state index contributed by atoms with van der Waals surface area (Å²) in [6.07, 6.45) is 2.62. The SMILES string of the molecule is CCN1C(=O)CCc2cc(NS(=O)(=O)c3cccc4cccnc34)ccc21. The molecule has 3 aromatic rings. The van der Waals surface area contributed by atoms with Crippen LogP contribution in [0.2, 0.25) is 0 Å². The molecule has 1 aliphatic heterocycles. The molecule has 0 saturated carbocycles. The number of carbonyl (C=O) groups excluding carboxylic acids is 1. The van der Waals surface area contributed by atoms with Gasteiger partial charge in [-0.1, -0.05) is 18.2 Å². The van der Waals surface area contributed by atoms with Gasteiger partial charge in [0.25, 0.3) is 10.0 Å². The Kier molecular flexibility index (Phi) is 4.31. The number of hydrogen-bond acceptors (Lipinski definition) is 4. The molecule has 0 aliphatic carbocycles. The molecule has 138 valence electrons. The highest BCUT2D eigenvalue weighted by molar-refractivity contribution is 7.93. The van der Waals surface area contributed by atoms with Crippen molar-refractivity contribution in [3.63, 3.8) is 0 Å². The molecule has 1 amide bonds. The number of rotatable bonds is 4. The lowest BCUT2D eigenvalue weighted by Gasteiger charge is -2.28. The van der Waals surface area contributed by atoms with Crippen LogP contribution in [0.5, 0.6) is 0 Å². The Morgan fingerprint density at radius 1 is 1.11 bits per heavy atom. The fourth-order valence-electron chi connectivity index (χ4n) is 3.47. The first kappa shape index (κ1) is 17.5. The second-order valence-corrected chi connectivity index (χ2v) is 8.07. The first-order chi connectivity index (χ1) is 13.0. The number of anilines is 2. The highest BCUT2D eigenvalue weighted by Gasteiger charge is 2.24. The van der Waals surface area contributed by atoms with Crippen molar-refractivity contribution in [1.29, 1.82) is 0 Å². The summed E-state index contributed by atoms with van der Waals surface area (Å²) in [4.78, 5) is 18.1. The molecule has 0 bridgehead atoms. The van der Waals surface area contributed by atoms with Gasteiger partial charge in [0.1, 0.15) is 4.90 Å². The zero-order chi connectivity index (χ0) is 19.0. The number of amides is 1. The van der Waals surface area contributed by atoms with Crippen molar-refractivity contribution in [1.82, 2.24) is 4.98 Å². The third-order valence-corrected chi connectivity index (χ3v) is 6.15. The monoisotopic (exact) mass is 381 g/mol. The van der Waals surface area contributed by atoms with Gasteiger partial charge in [-0.05, 0) is 49.2 Å². The van der Waals surface area contributed by atoms with Gasteiger partial charge >= 0.3 is 0 Å². The van der Waals surface area contributed by atoms with Crippen LogP contribution in [0, 0.1) is 0 Å². The molecule has 0 fully saturated rings. The van der Waals surface area contributed by atoms with E-state index in [1.807, 2.05) is 19.1 Å². The lowest BCUT2D eigenvalue weighted by Crippen LogP contribution is -2.34. The standard InChI is InChI=1S/C20H19N3O3S/c1-2-23-17-10-9-16(13-15(17)8-11-19(23)24)22-27(25,26)18-7-3-5-14-6-4-12-21-20(14)18/h3-7,9-10,12-13,22H,2,8,11H2,1H3. The molecule has 4 rings (SSSR count). The van der Waals surface area contributed by atoms with E-state index in [0.29, 0.717) is 30.6 Å². The molecule has 0 spiro atoms. The van der Waals surface area contributed by atoms with Crippen molar-refractivity contribution >= 4 is 38.2 Å². The quantitative estimate of drug-likeness (QED) is 0.752. The van der Waals surface area contributed by atoms with Crippen LogP contribution in [0.4, 0.5) is 11.4 Å². The highest BCUT2D eigenvalue weighted by atomic mass is 32.2. The molecule has 2 aromatic carbocycles. The fourth-order valence-corrected chi connectivity index (χ4v) is 4.70. The van der Waals surface area contributed by atoms with Gasteiger partial charge in [0.2, 0.25) is 5.91 Å². The molecular weight excluding hydrogens is 362 g/mol. The third-order valence-electron chi connectivity index (χ3n) is 4.73. The Morgan fingerprint density at radius 3 is 2.74 bits per heavy atom. The summed E-state index contributed by atoms with van der Waals surface area (Å²) in [7, 11) is -3.79. The zero-order valence-electron chi connectivity index (χ0n) is 14.8. The van der Waals surface area contributed by atoms with Crippen LogP contribution >= 0.6 is 0 Å². The Balaban J connectivity index is 1.70. The van der Waals surface area contributed by atoms with Crippen LogP contribution in [0.25, 0.3) is 10.9 Å². The molecule has 27 heavy (non-hydrogen) atoms. The number of para-hydroxylation sites is 1. The highest BCUT2D eigenvalue weighted by Crippen LogP contribution is 2.31. The van der Waals surface area contributed by atoms with Crippen molar-refractivity contribution in [2.45, 2.75) is 24.7 Å². The second-order valence-electron chi connectivity index (χ2n) is 6.42. The average Bonchev–Trinajstić information content (AvgIpc) is 2.67. The number of carbonyl (C=O) groups is 1. The maximum Gasteiger partial charge on any atom is 0.264 e. The van der Waals surface area contributed by atoms with E-state index >= 15 is 0 Å². The summed E-state index contributed by atoms with van der Waals surface area (Å²) in [6, 6.07) is 14.0. The molecule has 1 N–H and O–H groups in total. The van der Waals surface area contributed by atoms with Crippen LogP contribution in [-0.4, -0.2) is 25.9 Å². The molecule has 6 nitrogen and oxygen atoms in total. The van der Waals surface area contributed by atoms with E-state index < -0.39 is 10.0 Å². The van der Waals surface area contributed by atoms with E-state index in [4.69, 9.17) is 0 Å². The van der Waals surface area contributed by atoms with Crippen molar-refractivity contribution in [2.24, 2.45) is 0 Å². The Hall–Kier alpha value is -2.93. The van der Waals surface area contributed by atoms with E-state index in [-0.39, 0.29) is 10.8 Å². The predicted molar refractivity (Wildman–Crippen MR) is 105 cm³/mol. The van der Waals surface area contributed by atoms with Gasteiger partial charge in [0, 0.05) is 35.9 Å². The Bertz CT molecular complexity index is 1140. The molecule has 0 saturated heterocycles. The van der Waals surface area contributed by atoms with Gasteiger partial charge < -0.3 is 4.90 Å². The number of aromatic nitrogens is 1. The van der Waals surface area contributed by atoms with Crippen LogP contribution in [0.15, 0.2) is 59.6 Å². The van der Waals surface area contributed by atoms with Crippen molar-refractivity contribution in [3.8, 4) is 0 Å². The zero-order valence-corrected chi connectivity index (χ0v) is 15.7. The Labute approximate surface area is 157 Å². The summed E-state index contributed by atoms with van der Waals surface area (Å²) in [5.74, 6) is 0.0974. The first-order valence-corrected chi connectivity index (χ1v) is 10.3. The minimum Gasteiger partial charge on any atom is -0.312 e. The Morgan fingerprint density at radius 2 is 1.93 bits per heavy atom. The molecule has 0 unspecified atom stereocenters. The molecule has 1 aliphatic rings. The minimum absolute atomic E-state index is 0.0974. The second kappa shape index (κ2) is 6.66. The average molecular weight is 381 g/mol. The molecule has 1 aromatic heterocycles. The van der Waals surface area contributed by atoms with Gasteiger partial charge in [0.05, 0.1) is 5.52 Å². The van der Waals surface area contributed by atoms with E-state index in [1.54, 1.807) is 47.5 Å². The number of fused-ring (bicyclic) bond motifs is 2. The van der Waals surface area contributed by atoms with Gasteiger partial charge in [-0.25, -0.2) is 8.42 Å². The van der Waals surface area contributed by atoms with Crippen LogP contribution in [0.3, 0.4) is 0 Å². The van der Waals surface area contributed by atoms with Crippen LogP contribution in [0.1, 0.15) is 18.9 Å². The topological polar surface area (TPSA) is 79.4 Å². The summed E-state index contributed by atoms with van der Waals surface area (Å²) in [5.41, 5.74) is 2.73. The number of sulfonamides is 1. The third kappa shape index (κ3) is 3.14. The first-order valence-electron chi connectivity index (χ1n) is 8.79. The predicted octanol–water partition coefficient (Wildman–Crippen LogP) is 3.33. The number of benzene rings is 2. The molecule has 0 atom stereocenters. The van der Waals surface area contributed by atoms with Crippen LogP contribution in [-0.2, 0) is 21.2 Å². The smallest absolute Gasteiger partial charge is 0.264 e. The lowest BCUT2D eigenvalue weighted by molar-refractivity contribution is -0.118. The number of aryl methyl sites for hydroxylation is 1. The number of pyridine rings is 1. The van der Waals surface area contributed by atoms with Crippen molar-refractivity contribution < 1.29 is 13.2 Å². The van der Waals surface area contributed by atoms with E-state index in [2.05, 4.69) is 9.71 Å². The number of hydrogen-bond donors (Lipinski definition) is 1. The number of nitrogens with zero attached hydrogens (tertiary/aromatic N) is 2. The minimum atomic E-state index is -3.79. The molecule has 7 heteroatoms. The summed E-state index contributed by atoms with van der Waals surface area (Å²) < 4.78 is 28.5. The normalized spacial score (nSPS) is 14.3. The maximum atomic E-state index is 12.9. The fraction of sp³-hybridized carbons (Fsp3) is 0.200. The van der Waals surface area contributed by atoms with Crippen molar-refractivity contribution in [3.05, 3.63) is 60.3 Å². The summed E-state index contributed by atoms with van der Waals surface area (Å²) in [5, 5.41) is 0.767. The van der Waals surface area contributed by atoms with Gasteiger partial charge in [-0.2, -0.15) is 0 Å². The maximum absolute atomic E-state index is 12.9. The van der Waals surface area contributed by atoms with E-state index in [1.165, 1.54) is 0 Å². The molecule has 2 heterocycles. The summed E-state index contributed by atoms with van der Waals surface area (Å²) in [6.45, 7) is 2.52. The largest absolute Gasteiger partial charge is 0.312 e. The number of nitrogens with one attached hydrogen (secondary N) is 1. The van der Waals surface area contributed by atoms with Crippen LogP contribution < -0.4 is 9.62 Å².